The molecule has 0 saturated heterocycles. The molecule has 11 heteroatoms. The molecule has 9 N–H and O–H groups in total. The van der Waals surface area contributed by atoms with E-state index in [1.807, 2.05) is 0 Å². The molecule has 198 valence electrons. The van der Waals surface area contributed by atoms with Crippen LogP contribution in [0.1, 0.15) is 103 Å². The Hall–Kier alpha value is -2.24. The van der Waals surface area contributed by atoms with Crippen molar-refractivity contribution in [2.24, 2.45) is 17.2 Å². The van der Waals surface area contributed by atoms with Gasteiger partial charge in [0, 0.05) is 12.8 Å². The van der Waals surface area contributed by atoms with Crippen molar-refractivity contribution in [2.75, 3.05) is 6.54 Å². The first kappa shape index (κ1) is 31.8. The summed E-state index contributed by atoms with van der Waals surface area (Å²) in [5, 5.41) is 20.3. The van der Waals surface area contributed by atoms with E-state index in [4.69, 9.17) is 17.2 Å². The van der Waals surface area contributed by atoms with Gasteiger partial charge < -0.3 is 27.4 Å². The predicted molar refractivity (Wildman–Crippen MR) is 129 cm³/mol. The molecular weight excluding hydrogens is 442 g/mol. The third kappa shape index (κ3) is 12.9. The van der Waals surface area contributed by atoms with E-state index in [9.17, 15) is 29.4 Å². The zero-order chi connectivity index (χ0) is 26.0. The van der Waals surface area contributed by atoms with Crippen molar-refractivity contribution >= 4 is 23.8 Å². The normalized spacial score (nSPS) is 13.9. The molecule has 2 atom stereocenters. The second kappa shape index (κ2) is 18.1. The zero-order valence-electron chi connectivity index (χ0n) is 20.6. The Morgan fingerprint density at radius 1 is 0.882 bits per heavy atom. The van der Waals surface area contributed by atoms with Crippen molar-refractivity contribution < 1.29 is 29.4 Å². The quantitative estimate of drug-likeness (QED) is 0.0747. The van der Waals surface area contributed by atoms with Crippen molar-refractivity contribution in [2.45, 2.75) is 115 Å². The number of unbranched alkanes of at least 4 members (excludes halogenated alkanes) is 9. The highest BCUT2D eigenvalue weighted by Gasteiger charge is 2.47. The molecule has 0 rings (SSSR count). The summed E-state index contributed by atoms with van der Waals surface area (Å²) in [6.45, 7) is 2.48. The maximum atomic E-state index is 12.6. The first-order valence-corrected chi connectivity index (χ1v) is 12.4. The van der Waals surface area contributed by atoms with Gasteiger partial charge in [-0.1, -0.05) is 58.3 Å². The second-order valence-electron chi connectivity index (χ2n) is 8.82. The number of carbonyl (C=O) groups excluding carboxylic acids is 2. The smallest absolute Gasteiger partial charge is 0.340 e. The molecule has 0 unspecified atom stereocenters. The molecule has 11 nitrogen and oxygen atoms in total. The number of nitrogens with one attached hydrogen (secondary N) is 1. The molecule has 0 fully saturated rings. The van der Waals surface area contributed by atoms with Gasteiger partial charge in [0.05, 0.1) is 0 Å². The summed E-state index contributed by atoms with van der Waals surface area (Å²) in [5.41, 5.74) is 17.0. The monoisotopic (exact) mass is 487 g/mol. The van der Waals surface area contributed by atoms with Gasteiger partial charge >= 0.3 is 11.9 Å². The molecule has 0 heterocycles. The summed E-state index contributed by atoms with van der Waals surface area (Å²) in [5.74, 6) is -4.17. The molecule has 0 aromatic heterocycles. The van der Waals surface area contributed by atoms with Gasteiger partial charge in [-0.2, -0.15) is 5.01 Å². The number of rotatable bonds is 22. The number of carboxylic acids is 2. The van der Waals surface area contributed by atoms with Crippen LogP contribution in [0, 0.1) is 0 Å². The number of hydrazine groups is 1. The highest BCUT2D eigenvalue weighted by Crippen LogP contribution is 2.22. The van der Waals surface area contributed by atoms with Crippen molar-refractivity contribution in [1.29, 1.82) is 0 Å². The van der Waals surface area contributed by atoms with Crippen LogP contribution >= 0.6 is 0 Å². The summed E-state index contributed by atoms with van der Waals surface area (Å²) >= 11 is 0. The zero-order valence-corrected chi connectivity index (χ0v) is 20.6. The third-order valence-electron chi connectivity index (χ3n) is 5.83. The lowest BCUT2D eigenvalue weighted by atomic mass is 9.99. The van der Waals surface area contributed by atoms with E-state index < -0.39 is 35.5 Å². The van der Waals surface area contributed by atoms with Gasteiger partial charge in [-0.15, -0.1) is 0 Å². The molecule has 0 aliphatic rings. The number of carbonyl (C=O) groups is 4. The summed E-state index contributed by atoms with van der Waals surface area (Å²) in [4.78, 5) is 47.9. The van der Waals surface area contributed by atoms with E-state index in [-0.39, 0.29) is 25.7 Å². The molecule has 0 aliphatic heterocycles. The topological polar surface area (TPSA) is 202 Å². The minimum atomic E-state index is -2.19. The van der Waals surface area contributed by atoms with Crippen LogP contribution in [-0.2, 0) is 19.2 Å². The molecule has 2 amide bonds. The average molecular weight is 488 g/mol. The van der Waals surface area contributed by atoms with Crippen LogP contribution in [0.2, 0.25) is 0 Å². The number of hydrogen-bond acceptors (Lipinski definition) is 7. The lowest BCUT2D eigenvalue weighted by molar-refractivity contribution is -0.167. The Balaban J connectivity index is 5.17. The number of nitrogens with zero attached hydrogens (tertiary/aromatic N) is 1. The van der Waals surface area contributed by atoms with Crippen molar-refractivity contribution in [3.8, 4) is 0 Å². The van der Waals surface area contributed by atoms with Crippen LogP contribution in [0.5, 0.6) is 0 Å². The van der Waals surface area contributed by atoms with Crippen LogP contribution < -0.4 is 22.6 Å². The van der Waals surface area contributed by atoms with Gasteiger partial charge in [0.2, 0.25) is 11.8 Å². The fourth-order valence-electron chi connectivity index (χ4n) is 3.75. The fraction of sp³-hybridized carbons (Fsp3) is 0.826. The van der Waals surface area contributed by atoms with E-state index in [0.717, 1.165) is 30.7 Å². The van der Waals surface area contributed by atoms with Gasteiger partial charge in [-0.3, -0.25) is 19.8 Å². The van der Waals surface area contributed by atoms with Crippen molar-refractivity contribution in [3.63, 3.8) is 0 Å². The number of nitrogens with two attached hydrogens (primary N) is 3. The Bertz CT molecular complexity index is 633. The third-order valence-corrected chi connectivity index (χ3v) is 5.83. The average Bonchev–Trinajstić information content (AvgIpc) is 2.76. The SMILES string of the molecule is CCCCCCCCCCCC(=O)NN([C@@H](CCC(N)=O)C(=O)O)[C@](N)(CCCCN)C(=O)O. The molecule has 0 radical (unpaired) electrons. The molecule has 34 heavy (non-hydrogen) atoms. The van der Waals surface area contributed by atoms with Gasteiger partial charge in [-0.25, -0.2) is 4.79 Å². The second-order valence-corrected chi connectivity index (χ2v) is 8.82. The minimum absolute atomic E-state index is 0.104. The summed E-state index contributed by atoms with van der Waals surface area (Å²) in [6.07, 6.45) is 9.74. The van der Waals surface area contributed by atoms with Crippen molar-refractivity contribution in [1.82, 2.24) is 10.4 Å². The summed E-state index contributed by atoms with van der Waals surface area (Å²) in [7, 11) is 0. The Labute approximate surface area is 202 Å². The molecule has 0 bridgehead atoms. The van der Waals surface area contributed by atoms with Crippen LogP contribution in [0.25, 0.3) is 0 Å². The first-order chi connectivity index (χ1) is 16.1. The molecule has 0 aliphatic carbocycles. The molecule has 0 spiro atoms. The standard InChI is InChI=1S/C23H45N5O6/c1-2-3-4-5-6-7-8-9-10-13-20(30)27-28(18(21(31)32)14-15-19(25)29)23(26,22(33)34)16-11-12-17-24/h18H,2-17,24,26H2,1H3,(H2,25,29)(H,27,30)(H,31,32)(H,33,34)/t18-,23+/m0/s1. The van der Waals surface area contributed by atoms with E-state index in [1.165, 1.54) is 25.7 Å². The van der Waals surface area contributed by atoms with E-state index in [0.29, 0.717) is 25.8 Å². The van der Waals surface area contributed by atoms with Crippen LogP contribution in [0.3, 0.4) is 0 Å². The largest absolute Gasteiger partial charge is 0.480 e. The van der Waals surface area contributed by atoms with E-state index in [1.54, 1.807) is 0 Å². The Morgan fingerprint density at radius 2 is 1.44 bits per heavy atom. The van der Waals surface area contributed by atoms with E-state index in [2.05, 4.69) is 12.3 Å². The van der Waals surface area contributed by atoms with Crippen molar-refractivity contribution in [3.05, 3.63) is 0 Å². The number of amides is 2. The predicted octanol–water partition coefficient (Wildman–Crippen LogP) is 1.83. The molecule has 0 saturated carbocycles. The van der Waals surface area contributed by atoms with Gasteiger partial charge in [-0.05, 0) is 38.6 Å². The van der Waals surface area contributed by atoms with Crippen LogP contribution in [0.15, 0.2) is 0 Å². The number of aliphatic carboxylic acids is 2. The summed E-state index contributed by atoms with van der Waals surface area (Å²) in [6, 6.07) is -1.54. The Morgan fingerprint density at radius 3 is 1.91 bits per heavy atom. The molecule has 0 aromatic carbocycles. The summed E-state index contributed by atoms with van der Waals surface area (Å²) < 4.78 is 0. The fourth-order valence-corrected chi connectivity index (χ4v) is 3.75. The van der Waals surface area contributed by atoms with E-state index >= 15 is 0 Å². The van der Waals surface area contributed by atoms with Crippen LogP contribution in [0.4, 0.5) is 0 Å². The lowest BCUT2D eigenvalue weighted by Gasteiger charge is -2.40. The van der Waals surface area contributed by atoms with Crippen LogP contribution in [-0.4, -0.2) is 57.2 Å². The Kier molecular flexibility index (Phi) is 16.9. The number of primary amides is 1. The highest BCUT2D eigenvalue weighted by molar-refractivity contribution is 5.83. The number of carboxylic acid groups (broad SMARTS) is 2. The first-order valence-electron chi connectivity index (χ1n) is 12.4. The van der Waals surface area contributed by atoms with Gasteiger partial charge in [0.1, 0.15) is 6.04 Å². The maximum Gasteiger partial charge on any atom is 0.340 e. The molecule has 0 aromatic rings. The highest BCUT2D eigenvalue weighted by atomic mass is 16.4. The number of hydrogen-bond donors (Lipinski definition) is 6. The molecular formula is C23H45N5O6. The lowest BCUT2D eigenvalue weighted by Crippen LogP contribution is -2.71. The van der Waals surface area contributed by atoms with Gasteiger partial charge in [0.15, 0.2) is 5.66 Å². The minimum Gasteiger partial charge on any atom is -0.480 e. The van der Waals surface area contributed by atoms with Gasteiger partial charge in [0.25, 0.3) is 0 Å². The maximum absolute atomic E-state index is 12.6.